The van der Waals surface area contributed by atoms with Gasteiger partial charge in [0.2, 0.25) is 0 Å². The Hall–Kier alpha value is -2.08. The molecule has 0 aliphatic carbocycles. The number of rotatable bonds is 5. The molecular weight excluding hydrogens is 282 g/mol. The highest BCUT2D eigenvalue weighted by Crippen LogP contribution is 2.19. The van der Waals surface area contributed by atoms with E-state index in [9.17, 15) is 9.59 Å². The van der Waals surface area contributed by atoms with Crippen molar-refractivity contribution in [2.24, 2.45) is 5.73 Å². The van der Waals surface area contributed by atoms with Crippen molar-refractivity contribution >= 4 is 11.9 Å². The lowest BCUT2D eigenvalue weighted by Gasteiger charge is -2.35. The lowest BCUT2D eigenvalue weighted by molar-refractivity contribution is 0.0615. The average molecular weight is 305 g/mol. The van der Waals surface area contributed by atoms with Gasteiger partial charge in [-0.05, 0) is 37.0 Å². The number of methoxy groups -OCH3 is 1. The van der Waals surface area contributed by atoms with Crippen LogP contribution >= 0.6 is 0 Å². The molecule has 3 N–H and O–H groups in total. The molecule has 0 bridgehead atoms. The summed E-state index contributed by atoms with van der Waals surface area (Å²) in [5, 5.41) is 2.61. The van der Waals surface area contributed by atoms with Gasteiger partial charge in [0.05, 0.1) is 6.61 Å². The molecule has 0 radical (unpaired) electrons. The summed E-state index contributed by atoms with van der Waals surface area (Å²) in [7, 11) is 1.64. The number of amides is 3. The van der Waals surface area contributed by atoms with Gasteiger partial charge in [-0.3, -0.25) is 4.79 Å². The molecule has 1 aliphatic heterocycles. The first kappa shape index (κ1) is 16.3. The number of likely N-dealkylation sites (tertiary alicyclic amines) is 1. The van der Waals surface area contributed by atoms with Crippen molar-refractivity contribution in [3.63, 3.8) is 0 Å². The van der Waals surface area contributed by atoms with Gasteiger partial charge < -0.3 is 20.7 Å². The van der Waals surface area contributed by atoms with Crippen LogP contribution in [0.2, 0.25) is 0 Å². The highest BCUT2D eigenvalue weighted by atomic mass is 16.5. The highest BCUT2D eigenvalue weighted by molar-refractivity contribution is 5.94. The van der Waals surface area contributed by atoms with Gasteiger partial charge in [0.25, 0.3) is 5.91 Å². The normalized spacial score (nSPS) is 18.0. The largest absolute Gasteiger partial charge is 0.380 e. The van der Waals surface area contributed by atoms with E-state index in [4.69, 9.17) is 10.5 Å². The second-order valence-corrected chi connectivity index (χ2v) is 5.52. The molecule has 1 saturated heterocycles. The fourth-order valence-corrected chi connectivity index (χ4v) is 2.77. The van der Waals surface area contributed by atoms with Gasteiger partial charge in [0.15, 0.2) is 0 Å². The van der Waals surface area contributed by atoms with Crippen molar-refractivity contribution in [3.05, 3.63) is 35.4 Å². The number of carbonyl (C=O) groups is 2. The zero-order valence-electron chi connectivity index (χ0n) is 12.9. The van der Waals surface area contributed by atoms with Crippen LogP contribution in [0.4, 0.5) is 4.79 Å². The van der Waals surface area contributed by atoms with E-state index in [2.05, 4.69) is 5.32 Å². The second kappa shape index (κ2) is 7.79. The molecule has 0 aromatic heterocycles. The van der Waals surface area contributed by atoms with Crippen LogP contribution < -0.4 is 11.1 Å². The Bertz CT molecular complexity index is 516. The summed E-state index contributed by atoms with van der Waals surface area (Å²) in [5.74, 6) is -0.0000581. The molecule has 3 amide bonds. The first-order valence-corrected chi connectivity index (χ1v) is 7.54. The van der Waals surface area contributed by atoms with Crippen molar-refractivity contribution in [1.29, 1.82) is 0 Å². The Labute approximate surface area is 130 Å². The number of urea groups is 1. The van der Waals surface area contributed by atoms with Crippen molar-refractivity contribution in [1.82, 2.24) is 10.2 Å². The molecule has 1 fully saturated rings. The van der Waals surface area contributed by atoms with Gasteiger partial charge in [-0.2, -0.15) is 0 Å². The van der Waals surface area contributed by atoms with Crippen LogP contribution in [0.5, 0.6) is 0 Å². The van der Waals surface area contributed by atoms with E-state index < -0.39 is 6.03 Å². The molecule has 1 heterocycles. The first-order chi connectivity index (χ1) is 10.6. The topological polar surface area (TPSA) is 84.7 Å². The maximum Gasteiger partial charge on any atom is 0.312 e. The summed E-state index contributed by atoms with van der Waals surface area (Å²) in [6.07, 6.45) is 2.93. The summed E-state index contributed by atoms with van der Waals surface area (Å²) in [5.41, 5.74) is 6.81. The number of primary amides is 1. The number of benzene rings is 1. The lowest BCUT2D eigenvalue weighted by Crippen LogP contribution is -2.50. The van der Waals surface area contributed by atoms with Crippen molar-refractivity contribution in [2.45, 2.75) is 31.9 Å². The van der Waals surface area contributed by atoms with Gasteiger partial charge in [0, 0.05) is 31.8 Å². The van der Waals surface area contributed by atoms with E-state index in [-0.39, 0.29) is 11.9 Å². The molecule has 6 nitrogen and oxygen atoms in total. The minimum atomic E-state index is -0.554. The maximum absolute atomic E-state index is 12.7. The number of carbonyl (C=O) groups excluding carboxylic acids is 2. The minimum Gasteiger partial charge on any atom is -0.380 e. The molecule has 6 heteroatoms. The molecule has 1 unspecified atom stereocenters. The first-order valence-electron chi connectivity index (χ1n) is 7.54. The van der Waals surface area contributed by atoms with Crippen LogP contribution in [0.25, 0.3) is 0 Å². The molecule has 22 heavy (non-hydrogen) atoms. The molecule has 1 aliphatic rings. The van der Waals surface area contributed by atoms with Crippen molar-refractivity contribution in [3.8, 4) is 0 Å². The van der Waals surface area contributed by atoms with Crippen LogP contribution in [0.15, 0.2) is 24.3 Å². The third-order valence-corrected chi connectivity index (χ3v) is 3.91. The third kappa shape index (κ3) is 4.21. The van der Waals surface area contributed by atoms with Crippen LogP contribution in [-0.4, -0.2) is 43.1 Å². The van der Waals surface area contributed by atoms with Gasteiger partial charge in [-0.15, -0.1) is 0 Å². The molecule has 1 aromatic carbocycles. The third-order valence-electron chi connectivity index (χ3n) is 3.91. The standard InChI is InChI=1S/C16H23N3O3/c1-22-11-12-5-7-13(8-6-12)15(20)19-9-3-2-4-14(19)10-18-16(17)21/h5-8,14H,2-4,9-11H2,1H3,(H3,17,18,21). The van der Waals surface area contributed by atoms with Crippen molar-refractivity contribution < 1.29 is 14.3 Å². The fourth-order valence-electron chi connectivity index (χ4n) is 2.77. The van der Waals surface area contributed by atoms with E-state index in [0.717, 1.165) is 24.8 Å². The molecule has 120 valence electrons. The van der Waals surface area contributed by atoms with Crippen molar-refractivity contribution in [2.75, 3.05) is 20.2 Å². The molecular formula is C16H23N3O3. The number of hydrogen-bond donors (Lipinski definition) is 2. The van der Waals surface area contributed by atoms with Crippen LogP contribution in [-0.2, 0) is 11.3 Å². The zero-order chi connectivity index (χ0) is 15.9. The van der Waals surface area contributed by atoms with E-state index in [1.165, 1.54) is 0 Å². The summed E-state index contributed by atoms with van der Waals surface area (Å²) in [4.78, 5) is 25.4. The van der Waals surface area contributed by atoms with Gasteiger partial charge in [-0.1, -0.05) is 12.1 Å². The van der Waals surface area contributed by atoms with Gasteiger partial charge in [0.1, 0.15) is 0 Å². The summed E-state index contributed by atoms with van der Waals surface area (Å²) in [6, 6.07) is 6.90. The quantitative estimate of drug-likeness (QED) is 0.864. The predicted octanol–water partition coefficient (Wildman–Crippen LogP) is 1.50. The summed E-state index contributed by atoms with van der Waals surface area (Å²) in [6.45, 7) is 1.65. The summed E-state index contributed by atoms with van der Waals surface area (Å²) < 4.78 is 5.07. The SMILES string of the molecule is COCc1ccc(C(=O)N2CCCCC2CNC(N)=O)cc1. The molecule has 0 spiro atoms. The zero-order valence-corrected chi connectivity index (χ0v) is 12.9. The minimum absolute atomic E-state index is 0.0000581. The average Bonchev–Trinajstić information content (AvgIpc) is 2.53. The Balaban J connectivity index is 2.05. The molecule has 1 aromatic rings. The molecule has 0 saturated carbocycles. The molecule has 2 rings (SSSR count). The van der Waals surface area contributed by atoms with Crippen LogP contribution in [0, 0.1) is 0 Å². The smallest absolute Gasteiger partial charge is 0.312 e. The Morgan fingerprint density at radius 3 is 2.68 bits per heavy atom. The van der Waals surface area contributed by atoms with Crippen LogP contribution in [0.3, 0.4) is 0 Å². The second-order valence-electron chi connectivity index (χ2n) is 5.52. The molecule has 1 atom stereocenters. The van der Waals surface area contributed by atoms with E-state index in [1.54, 1.807) is 7.11 Å². The number of nitrogens with one attached hydrogen (secondary N) is 1. The number of hydrogen-bond acceptors (Lipinski definition) is 3. The van der Waals surface area contributed by atoms with E-state index >= 15 is 0 Å². The van der Waals surface area contributed by atoms with Crippen LogP contribution in [0.1, 0.15) is 35.2 Å². The Morgan fingerprint density at radius 2 is 2.05 bits per heavy atom. The summed E-state index contributed by atoms with van der Waals surface area (Å²) >= 11 is 0. The fraction of sp³-hybridized carbons (Fsp3) is 0.500. The lowest BCUT2D eigenvalue weighted by atomic mass is 10.0. The predicted molar refractivity (Wildman–Crippen MR) is 83.4 cm³/mol. The monoisotopic (exact) mass is 305 g/mol. The Kier molecular flexibility index (Phi) is 5.77. The number of ether oxygens (including phenoxy) is 1. The number of nitrogens with zero attached hydrogens (tertiary/aromatic N) is 1. The highest BCUT2D eigenvalue weighted by Gasteiger charge is 2.27. The Morgan fingerprint density at radius 1 is 1.32 bits per heavy atom. The van der Waals surface area contributed by atoms with E-state index in [1.807, 2.05) is 29.2 Å². The number of piperidine rings is 1. The van der Waals surface area contributed by atoms with Gasteiger partial charge in [-0.25, -0.2) is 4.79 Å². The van der Waals surface area contributed by atoms with Gasteiger partial charge >= 0.3 is 6.03 Å². The maximum atomic E-state index is 12.7. The number of nitrogens with two attached hydrogens (primary N) is 1. The van der Waals surface area contributed by atoms with E-state index in [0.29, 0.717) is 25.3 Å².